The number of benzene rings is 1. The number of sulfonamides is 1. The molecule has 0 radical (unpaired) electrons. The molecule has 0 aromatic heterocycles. The van der Waals surface area contributed by atoms with E-state index in [1.54, 1.807) is 12.1 Å². The van der Waals surface area contributed by atoms with Crippen LogP contribution in [-0.2, 0) is 10.0 Å². The summed E-state index contributed by atoms with van der Waals surface area (Å²) in [7, 11) is -3.52. The molecule has 0 heterocycles. The topological polar surface area (TPSA) is 75.4 Å². The number of nitrogens with zero attached hydrogens (tertiary/aromatic N) is 1. The van der Waals surface area contributed by atoms with Crippen LogP contribution in [0.5, 0.6) is 0 Å². The van der Waals surface area contributed by atoms with Crippen molar-refractivity contribution in [1.82, 2.24) is 9.62 Å². The van der Waals surface area contributed by atoms with Crippen molar-refractivity contribution in [2.75, 3.05) is 25.4 Å². The van der Waals surface area contributed by atoms with Gasteiger partial charge in [-0.2, -0.15) is 0 Å². The van der Waals surface area contributed by atoms with Crippen molar-refractivity contribution >= 4 is 15.7 Å². The standard InChI is InChI=1S/C14H25N3O2S/c1-5-17(6-2)10-12(4)16-20(18,19)14-8-11(3)7-13(15)9-14/h7-9,12,16H,5-6,10,15H2,1-4H3. The molecule has 3 N–H and O–H groups in total. The molecule has 20 heavy (non-hydrogen) atoms. The lowest BCUT2D eigenvalue weighted by molar-refractivity contribution is 0.282. The van der Waals surface area contributed by atoms with E-state index < -0.39 is 10.0 Å². The van der Waals surface area contributed by atoms with Crippen molar-refractivity contribution in [2.45, 2.75) is 38.6 Å². The predicted octanol–water partition coefficient (Wildman–Crippen LogP) is 1.59. The molecule has 0 aliphatic heterocycles. The van der Waals surface area contributed by atoms with Gasteiger partial charge in [0.1, 0.15) is 0 Å². The normalized spacial score (nSPS) is 13.7. The molecular formula is C14H25N3O2S. The summed E-state index contributed by atoms with van der Waals surface area (Å²) >= 11 is 0. The molecule has 1 atom stereocenters. The monoisotopic (exact) mass is 299 g/mol. The zero-order valence-electron chi connectivity index (χ0n) is 12.7. The van der Waals surface area contributed by atoms with Gasteiger partial charge in [-0.15, -0.1) is 0 Å². The Morgan fingerprint density at radius 2 is 1.85 bits per heavy atom. The summed E-state index contributed by atoms with van der Waals surface area (Å²) in [5.41, 5.74) is 7.01. The van der Waals surface area contributed by atoms with E-state index in [2.05, 4.69) is 23.5 Å². The Bertz CT molecular complexity index is 519. The SMILES string of the molecule is CCN(CC)CC(C)NS(=O)(=O)c1cc(C)cc(N)c1. The Hall–Kier alpha value is -1.11. The molecule has 0 bridgehead atoms. The number of aryl methyl sites for hydroxylation is 1. The van der Waals surface area contributed by atoms with Gasteiger partial charge >= 0.3 is 0 Å². The summed E-state index contributed by atoms with van der Waals surface area (Å²) in [5, 5.41) is 0. The minimum absolute atomic E-state index is 0.151. The number of likely N-dealkylation sites (N-methyl/N-ethyl adjacent to an activating group) is 1. The first kappa shape index (κ1) is 16.9. The third-order valence-corrected chi connectivity index (χ3v) is 4.74. The molecule has 6 heteroatoms. The highest BCUT2D eigenvalue weighted by Gasteiger charge is 2.19. The zero-order chi connectivity index (χ0) is 15.3. The first-order valence-electron chi connectivity index (χ1n) is 6.90. The third-order valence-electron chi connectivity index (χ3n) is 3.17. The second-order valence-corrected chi connectivity index (χ2v) is 6.80. The zero-order valence-corrected chi connectivity index (χ0v) is 13.5. The van der Waals surface area contributed by atoms with Gasteiger partial charge in [-0.25, -0.2) is 13.1 Å². The van der Waals surface area contributed by atoms with E-state index in [1.165, 1.54) is 6.07 Å². The van der Waals surface area contributed by atoms with E-state index in [0.717, 1.165) is 18.7 Å². The number of nitrogen functional groups attached to an aromatic ring is 1. The molecule has 0 spiro atoms. The lowest BCUT2D eigenvalue weighted by Crippen LogP contribution is -2.41. The van der Waals surface area contributed by atoms with E-state index in [4.69, 9.17) is 5.73 Å². The third kappa shape index (κ3) is 4.77. The van der Waals surface area contributed by atoms with Crippen LogP contribution in [0.15, 0.2) is 23.1 Å². The van der Waals surface area contributed by atoms with Crippen molar-refractivity contribution in [2.24, 2.45) is 0 Å². The highest BCUT2D eigenvalue weighted by molar-refractivity contribution is 7.89. The number of hydrogen-bond donors (Lipinski definition) is 2. The van der Waals surface area contributed by atoms with Gasteiger partial charge in [0, 0.05) is 18.3 Å². The van der Waals surface area contributed by atoms with Crippen LogP contribution in [0.2, 0.25) is 0 Å². The molecule has 1 aromatic carbocycles. The van der Waals surface area contributed by atoms with Gasteiger partial charge in [-0.3, -0.25) is 0 Å². The Balaban J connectivity index is 2.84. The smallest absolute Gasteiger partial charge is 0.240 e. The molecular weight excluding hydrogens is 274 g/mol. The summed E-state index contributed by atoms with van der Waals surface area (Å²) in [5.74, 6) is 0. The van der Waals surface area contributed by atoms with E-state index >= 15 is 0 Å². The summed E-state index contributed by atoms with van der Waals surface area (Å²) < 4.78 is 27.3. The maximum absolute atomic E-state index is 12.3. The minimum Gasteiger partial charge on any atom is -0.399 e. The van der Waals surface area contributed by atoms with Crippen molar-refractivity contribution in [3.63, 3.8) is 0 Å². The van der Waals surface area contributed by atoms with Crippen LogP contribution in [0.1, 0.15) is 26.3 Å². The van der Waals surface area contributed by atoms with Crippen LogP contribution in [0.4, 0.5) is 5.69 Å². The Morgan fingerprint density at radius 3 is 2.35 bits per heavy atom. The Morgan fingerprint density at radius 1 is 1.25 bits per heavy atom. The number of nitrogens with two attached hydrogens (primary N) is 1. The van der Waals surface area contributed by atoms with Crippen molar-refractivity contribution < 1.29 is 8.42 Å². The quantitative estimate of drug-likeness (QED) is 0.750. The molecule has 0 fully saturated rings. The molecule has 5 nitrogen and oxygen atoms in total. The first-order chi connectivity index (χ1) is 9.28. The maximum atomic E-state index is 12.3. The fourth-order valence-electron chi connectivity index (χ4n) is 2.17. The van der Waals surface area contributed by atoms with Gasteiger partial charge < -0.3 is 10.6 Å². The van der Waals surface area contributed by atoms with E-state index in [9.17, 15) is 8.42 Å². The van der Waals surface area contributed by atoms with Gasteiger partial charge in [-0.1, -0.05) is 13.8 Å². The van der Waals surface area contributed by atoms with Crippen LogP contribution in [0, 0.1) is 6.92 Å². The lowest BCUT2D eigenvalue weighted by atomic mass is 10.2. The highest BCUT2D eigenvalue weighted by atomic mass is 32.2. The second kappa shape index (κ2) is 7.06. The molecule has 0 amide bonds. The molecule has 1 rings (SSSR count). The summed E-state index contributed by atoms with van der Waals surface area (Å²) in [6.45, 7) is 10.3. The molecule has 0 aliphatic carbocycles. The maximum Gasteiger partial charge on any atom is 0.240 e. The Kier molecular flexibility index (Phi) is 5.98. The number of rotatable bonds is 7. The van der Waals surface area contributed by atoms with Crippen molar-refractivity contribution in [3.05, 3.63) is 23.8 Å². The molecule has 1 unspecified atom stereocenters. The van der Waals surface area contributed by atoms with Gasteiger partial charge in [-0.05, 0) is 50.7 Å². The van der Waals surface area contributed by atoms with Crippen molar-refractivity contribution in [1.29, 1.82) is 0 Å². The van der Waals surface area contributed by atoms with E-state index in [0.29, 0.717) is 12.2 Å². The first-order valence-corrected chi connectivity index (χ1v) is 8.38. The summed E-state index contributed by atoms with van der Waals surface area (Å²) in [4.78, 5) is 2.40. The molecule has 0 aliphatic rings. The van der Waals surface area contributed by atoms with Crippen molar-refractivity contribution in [3.8, 4) is 0 Å². The van der Waals surface area contributed by atoms with Crippen LogP contribution in [-0.4, -0.2) is 39.0 Å². The Labute approximate surface area is 122 Å². The molecule has 0 saturated heterocycles. The largest absolute Gasteiger partial charge is 0.399 e. The number of nitrogens with one attached hydrogen (secondary N) is 1. The van der Waals surface area contributed by atoms with E-state index in [-0.39, 0.29) is 10.9 Å². The van der Waals surface area contributed by atoms with Crippen LogP contribution in [0.3, 0.4) is 0 Å². The van der Waals surface area contributed by atoms with Crippen LogP contribution in [0.25, 0.3) is 0 Å². The fourth-order valence-corrected chi connectivity index (χ4v) is 3.54. The fraction of sp³-hybridized carbons (Fsp3) is 0.571. The van der Waals surface area contributed by atoms with Gasteiger partial charge in [0.25, 0.3) is 0 Å². The summed E-state index contributed by atoms with van der Waals surface area (Å²) in [6, 6.07) is 4.71. The van der Waals surface area contributed by atoms with Gasteiger partial charge in [0.15, 0.2) is 0 Å². The number of hydrogen-bond acceptors (Lipinski definition) is 4. The van der Waals surface area contributed by atoms with E-state index in [1.807, 2.05) is 13.8 Å². The lowest BCUT2D eigenvalue weighted by Gasteiger charge is -2.23. The van der Waals surface area contributed by atoms with Gasteiger partial charge in [0.2, 0.25) is 10.0 Å². The average molecular weight is 299 g/mol. The van der Waals surface area contributed by atoms with Gasteiger partial charge in [0.05, 0.1) is 4.90 Å². The average Bonchev–Trinajstić information content (AvgIpc) is 2.34. The highest BCUT2D eigenvalue weighted by Crippen LogP contribution is 2.16. The minimum atomic E-state index is -3.52. The summed E-state index contributed by atoms with van der Waals surface area (Å²) in [6.07, 6.45) is 0. The van der Waals surface area contributed by atoms with Crippen LogP contribution < -0.4 is 10.5 Å². The molecule has 114 valence electrons. The predicted molar refractivity (Wildman–Crippen MR) is 83.2 cm³/mol. The second-order valence-electron chi connectivity index (χ2n) is 5.09. The number of anilines is 1. The van der Waals surface area contributed by atoms with Crippen LogP contribution >= 0.6 is 0 Å². The molecule has 0 saturated carbocycles. The molecule has 1 aromatic rings.